The SMILES string of the molecule is Nc1cc(F)c(C(=O)OCOCc2ccccc2)cc1F. The lowest BCUT2D eigenvalue weighted by molar-refractivity contribution is -0.0384. The van der Waals surface area contributed by atoms with Gasteiger partial charge in [-0.1, -0.05) is 30.3 Å². The first-order valence-electron chi connectivity index (χ1n) is 6.11. The van der Waals surface area contributed by atoms with Gasteiger partial charge in [0.25, 0.3) is 0 Å². The zero-order chi connectivity index (χ0) is 15.2. The van der Waals surface area contributed by atoms with Gasteiger partial charge in [-0.05, 0) is 11.6 Å². The van der Waals surface area contributed by atoms with Gasteiger partial charge in [-0.2, -0.15) is 0 Å². The Bertz CT molecular complexity index is 632. The molecule has 0 spiro atoms. The van der Waals surface area contributed by atoms with E-state index in [0.717, 1.165) is 11.6 Å². The molecular weight excluding hydrogens is 280 g/mol. The number of carbonyl (C=O) groups is 1. The number of carbonyl (C=O) groups excluding carboxylic acids is 1. The van der Waals surface area contributed by atoms with Crippen molar-refractivity contribution in [3.63, 3.8) is 0 Å². The number of ether oxygens (including phenoxy) is 2. The van der Waals surface area contributed by atoms with Gasteiger partial charge in [0.2, 0.25) is 0 Å². The fourth-order valence-electron chi connectivity index (χ4n) is 1.63. The van der Waals surface area contributed by atoms with Crippen molar-refractivity contribution < 1.29 is 23.0 Å². The Labute approximate surface area is 120 Å². The summed E-state index contributed by atoms with van der Waals surface area (Å²) < 4.78 is 36.5. The molecule has 0 fully saturated rings. The van der Waals surface area contributed by atoms with Crippen LogP contribution in [0.1, 0.15) is 15.9 Å². The summed E-state index contributed by atoms with van der Waals surface area (Å²) in [6.45, 7) is -0.119. The summed E-state index contributed by atoms with van der Waals surface area (Å²) in [6.07, 6.45) is 0. The monoisotopic (exact) mass is 293 g/mol. The molecule has 0 aliphatic rings. The number of esters is 1. The van der Waals surface area contributed by atoms with Crippen LogP contribution in [0.5, 0.6) is 0 Å². The van der Waals surface area contributed by atoms with Crippen LogP contribution in [-0.2, 0) is 16.1 Å². The maximum Gasteiger partial charge on any atom is 0.343 e. The van der Waals surface area contributed by atoms with Crippen molar-refractivity contribution in [1.29, 1.82) is 0 Å². The Morgan fingerprint density at radius 1 is 1.10 bits per heavy atom. The second-order valence-corrected chi connectivity index (χ2v) is 4.24. The molecule has 0 radical (unpaired) electrons. The van der Waals surface area contributed by atoms with Crippen LogP contribution < -0.4 is 5.73 Å². The van der Waals surface area contributed by atoms with Gasteiger partial charge in [0.15, 0.2) is 6.79 Å². The molecule has 2 rings (SSSR count). The molecule has 0 aliphatic carbocycles. The first-order chi connectivity index (χ1) is 10.1. The summed E-state index contributed by atoms with van der Waals surface area (Å²) in [5, 5.41) is 0. The number of anilines is 1. The Kier molecular flexibility index (Phi) is 4.84. The van der Waals surface area contributed by atoms with E-state index in [1.807, 2.05) is 30.3 Å². The molecule has 6 heteroatoms. The van der Waals surface area contributed by atoms with Crippen molar-refractivity contribution in [1.82, 2.24) is 0 Å². The van der Waals surface area contributed by atoms with E-state index in [1.54, 1.807) is 0 Å². The van der Waals surface area contributed by atoms with Crippen LogP contribution in [0.15, 0.2) is 42.5 Å². The van der Waals surface area contributed by atoms with Gasteiger partial charge in [-0.25, -0.2) is 13.6 Å². The highest BCUT2D eigenvalue weighted by Crippen LogP contribution is 2.17. The van der Waals surface area contributed by atoms with Crippen molar-refractivity contribution in [3.8, 4) is 0 Å². The quantitative estimate of drug-likeness (QED) is 0.398. The number of nitrogens with two attached hydrogens (primary N) is 1. The Morgan fingerprint density at radius 3 is 2.52 bits per heavy atom. The average Bonchev–Trinajstić information content (AvgIpc) is 2.48. The van der Waals surface area contributed by atoms with Crippen LogP contribution in [0.4, 0.5) is 14.5 Å². The lowest BCUT2D eigenvalue weighted by Gasteiger charge is -2.07. The number of hydrogen-bond acceptors (Lipinski definition) is 4. The highest BCUT2D eigenvalue weighted by Gasteiger charge is 2.16. The highest BCUT2D eigenvalue weighted by atomic mass is 19.1. The lowest BCUT2D eigenvalue weighted by atomic mass is 10.2. The van der Waals surface area contributed by atoms with Crippen LogP contribution in [0.2, 0.25) is 0 Å². The summed E-state index contributed by atoms with van der Waals surface area (Å²) in [5.74, 6) is -2.84. The molecule has 0 amide bonds. The molecule has 2 N–H and O–H groups in total. The fourth-order valence-corrected chi connectivity index (χ4v) is 1.63. The highest BCUT2D eigenvalue weighted by molar-refractivity contribution is 5.90. The third kappa shape index (κ3) is 4.00. The molecule has 0 unspecified atom stereocenters. The topological polar surface area (TPSA) is 61.6 Å². The van der Waals surface area contributed by atoms with Gasteiger partial charge in [-0.3, -0.25) is 0 Å². The van der Waals surface area contributed by atoms with Crippen LogP contribution in [-0.4, -0.2) is 12.8 Å². The second kappa shape index (κ2) is 6.81. The lowest BCUT2D eigenvalue weighted by Crippen LogP contribution is -2.11. The normalized spacial score (nSPS) is 10.4. The number of hydrogen-bond donors (Lipinski definition) is 1. The van der Waals surface area contributed by atoms with Gasteiger partial charge in [-0.15, -0.1) is 0 Å². The van der Waals surface area contributed by atoms with Crippen LogP contribution in [0.3, 0.4) is 0 Å². The van der Waals surface area contributed by atoms with Crippen molar-refractivity contribution in [2.24, 2.45) is 0 Å². The molecule has 0 aromatic heterocycles. The predicted molar refractivity (Wildman–Crippen MR) is 72.3 cm³/mol. The van der Waals surface area contributed by atoms with E-state index >= 15 is 0 Å². The molecule has 0 heterocycles. The first-order valence-corrected chi connectivity index (χ1v) is 6.11. The van der Waals surface area contributed by atoms with Gasteiger partial charge < -0.3 is 15.2 Å². The standard InChI is InChI=1S/C15H13F2NO3/c16-12-7-14(18)13(17)6-11(12)15(19)21-9-20-8-10-4-2-1-3-5-10/h1-7H,8-9,18H2. The molecule has 2 aromatic rings. The maximum absolute atomic E-state index is 13.5. The molecule has 0 saturated heterocycles. The van der Waals surface area contributed by atoms with Crippen LogP contribution in [0, 0.1) is 11.6 Å². The molecule has 21 heavy (non-hydrogen) atoms. The number of halogens is 2. The van der Waals surface area contributed by atoms with E-state index in [0.29, 0.717) is 6.07 Å². The van der Waals surface area contributed by atoms with Gasteiger partial charge in [0, 0.05) is 6.07 Å². The molecule has 2 aromatic carbocycles. The van der Waals surface area contributed by atoms with E-state index in [1.165, 1.54) is 0 Å². The van der Waals surface area contributed by atoms with E-state index < -0.39 is 23.2 Å². The van der Waals surface area contributed by atoms with Crippen molar-refractivity contribution in [2.75, 3.05) is 12.5 Å². The first kappa shape index (κ1) is 14.9. The number of nitrogen functional groups attached to an aromatic ring is 1. The summed E-state index contributed by atoms with van der Waals surface area (Å²) in [6, 6.07) is 10.7. The fraction of sp³-hybridized carbons (Fsp3) is 0.133. The molecule has 0 atom stereocenters. The Balaban J connectivity index is 1.86. The van der Waals surface area contributed by atoms with E-state index in [-0.39, 0.29) is 19.1 Å². The third-order valence-corrected chi connectivity index (χ3v) is 2.69. The Hall–Kier alpha value is -2.47. The summed E-state index contributed by atoms with van der Waals surface area (Å²) in [4.78, 5) is 11.6. The zero-order valence-electron chi connectivity index (χ0n) is 11.0. The second-order valence-electron chi connectivity index (χ2n) is 4.24. The minimum atomic E-state index is -1.01. The largest absolute Gasteiger partial charge is 0.435 e. The van der Waals surface area contributed by atoms with Crippen molar-refractivity contribution >= 4 is 11.7 Å². The zero-order valence-corrected chi connectivity index (χ0v) is 11.0. The Morgan fingerprint density at radius 2 is 1.81 bits per heavy atom. The van der Waals surface area contributed by atoms with E-state index in [9.17, 15) is 13.6 Å². The minimum absolute atomic E-state index is 0.243. The predicted octanol–water partition coefficient (Wildman–Crippen LogP) is 2.88. The molecule has 0 aliphatic heterocycles. The van der Waals surface area contributed by atoms with Crippen molar-refractivity contribution in [2.45, 2.75) is 6.61 Å². The summed E-state index contributed by atoms with van der Waals surface area (Å²) >= 11 is 0. The van der Waals surface area contributed by atoms with Gasteiger partial charge in [0.1, 0.15) is 11.6 Å². The smallest absolute Gasteiger partial charge is 0.343 e. The van der Waals surface area contributed by atoms with E-state index in [4.69, 9.17) is 15.2 Å². The average molecular weight is 293 g/mol. The molecule has 0 bridgehead atoms. The molecular formula is C15H13F2NO3. The van der Waals surface area contributed by atoms with Crippen molar-refractivity contribution in [3.05, 3.63) is 65.2 Å². The molecule has 0 saturated carbocycles. The summed E-state index contributed by atoms with van der Waals surface area (Å²) in [5.41, 5.74) is 5.19. The third-order valence-electron chi connectivity index (χ3n) is 2.69. The summed E-state index contributed by atoms with van der Waals surface area (Å²) in [7, 11) is 0. The van der Waals surface area contributed by atoms with Gasteiger partial charge >= 0.3 is 5.97 Å². The number of benzene rings is 2. The van der Waals surface area contributed by atoms with Gasteiger partial charge in [0.05, 0.1) is 17.9 Å². The van der Waals surface area contributed by atoms with Crippen LogP contribution >= 0.6 is 0 Å². The van der Waals surface area contributed by atoms with E-state index in [2.05, 4.69) is 0 Å². The maximum atomic E-state index is 13.5. The number of rotatable bonds is 5. The molecule has 110 valence electrons. The minimum Gasteiger partial charge on any atom is -0.435 e. The van der Waals surface area contributed by atoms with Crippen LogP contribution in [0.25, 0.3) is 0 Å². The molecule has 4 nitrogen and oxygen atoms in total.